The SMILES string of the molecule is CCCC(c1nnnn1C1CCCCC1)N(Cc1cc2cc(C)c(C)cc2[nH]c1=O)C1CCCC1. The summed E-state index contributed by atoms with van der Waals surface area (Å²) >= 11 is 0. The number of aryl methyl sites for hydroxylation is 2. The van der Waals surface area contributed by atoms with Crippen molar-refractivity contribution in [2.45, 2.75) is 116 Å². The molecular weight excluding hydrogens is 436 g/mol. The summed E-state index contributed by atoms with van der Waals surface area (Å²) in [6, 6.07) is 7.36. The van der Waals surface area contributed by atoms with Gasteiger partial charge in [0.2, 0.25) is 0 Å². The third-order valence-electron chi connectivity index (χ3n) is 8.38. The molecular formula is C28H40N6O. The molecule has 1 aromatic carbocycles. The summed E-state index contributed by atoms with van der Waals surface area (Å²) < 4.78 is 2.14. The normalized spacial score (nSPS) is 18.6. The molecule has 0 spiro atoms. The lowest BCUT2D eigenvalue weighted by Crippen LogP contribution is -2.39. The zero-order valence-electron chi connectivity index (χ0n) is 21.6. The van der Waals surface area contributed by atoms with E-state index >= 15 is 0 Å². The average molecular weight is 477 g/mol. The number of aromatic nitrogens is 5. The molecule has 7 heteroatoms. The summed E-state index contributed by atoms with van der Waals surface area (Å²) in [4.78, 5) is 19.0. The molecule has 0 radical (unpaired) electrons. The van der Waals surface area contributed by atoms with Gasteiger partial charge in [-0.05, 0) is 91.1 Å². The van der Waals surface area contributed by atoms with E-state index in [-0.39, 0.29) is 11.6 Å². The third kappa shape index (κ3) is 5.06. The van der Waals surface area contributed by atoms with Crippen LogP contribution in [0.25, 0.3) is 10.9 Å². The first kappa shape index (κ1) is 24.2. The van der Waals surface area contributed by atoms with E-state index in [1.165, 1.54) is 56.1 Å². The molecule has 2 heterocycles. The van der Waals surface area contributed by atoms with Crippen LogP contribution < -0.4 is 5.56 Å². The molecule has 2 aliphatic carbocycles. The number of fused-ring (bicyclic) bond motifs is 1. The second-order valence-corrected chi connectivity index (χ2v) is 10.8. The van der Waals surface area contributed by atoms with Gasteiger partial charge in [0.15, 0.2) is 5.82 Å². The number of hydrogen-bond donors (Lipinski definition) is 1. The van der Waals surface area contributed by atoms with Gasteiger partial charge in [0, 0.05) is 23.7 Å². The molecule has 7 nitrogen and oxygen atoms in total. The van der Waals surface area contributed by atoms with Crippen molar-refractivity contribution in [2.75, 3.05) is 0 Å². The predicted octanol–water partition coefficient (Wildman–Crippen LogP) is 5.92. The Balaban J connectivity index is 1.53. The van der Waals surface area contributed by atoms with E-state index in [0.717, 1.165) is 48.0 Å². The minimum atomic E-state index is 0.0193. The fraction of sp³-hybridized carbons (Fsp3) is 0.643. The maximum absolute atomic E-state index is 13.2. The van der Waals surface area contributed by atoms with Gasteiger partial charge in [-0.3, -0.25) is 9.69 Å². The molecule has 0 bridgehead atoms. The van der Waals surface area contributed by atoms with Crippen molar-refractivity contribution >= 4 is 10.9 Å². The summed E-state index contributed by atoms with van der Waals surface area (Å²) in [7, 11) is 0. The number of tetrazole rings is 1. The van der Waals surface area contributed by atoms with E-state index < -0.39 is 0 Å². The van der Waals surface area contributed by atoms with E-state index in [1.807, 2.05) is 0 Å². The second kappa shape index (κ2) is 10.6. The zero-order chi connectivity index (χ0) is 24.4. The maximum Gasteiger partial charge on any atom is 0.252 e. The molecule has 35 heavy (non-hydrogen) atoms. The quantitative estimate of drug-likeness (QED) is 0.436. The van der Waals surface area contributed by atoms with Crippen LogP contribution in [0.5, 0.6) is 0 Å². The fourth-order valence-corrected chi connectivity index (χ4v) is 6.29. The van der Waals surface area contributed by atoms with Gasteiger partial charge in [-0.25, -0.2) is 4.68 Å². The highest BCUT2D eigenvalue weighted by Gasteiger charge is 2.34. The highest BCUT2D eigenvalue weighted by molar-refractivity contribution is 5.80. The number of hydrogen-bond acceptors (Lipinski definition) is 5. The van der Waals surface area contributed by atoms with Crippen molar-refractivity contribution in [3.8, 4) is 0 Å². The van der Waals surface area contributed by atoms with Gasteiger partial charge in [0.1, 0.15) is 0 Å². The number of nitrogens with zero attached hydrogens (tertiary/aromatic N) is 5. The Hall–Kier alpha value is -2.54. The van der Waals surface area contributed by atoms with Crippen LogP contribution in [0.4, 0.5) is 0 Å². The van der Waals surface area contributed by atoms with Gasteiger partial charge in [-0.1, -0.05) is 45.4 Å². The van der Waals surface area contributed by atoms with E-state index in [9.17, 15) is 4.79 Å². The first-order valence-electron chi connectivity index (χ1n) is 13.7. The lowest BCUT2D eigenvalue weighted by Gasteiger charge is -2.36. The van der Waals surface area contributed by atoms with Crippen molar-refractivity contribution in [3.05, 3.63) is 51.1 Å². The minimum absolute atomic E-state index is 0.0193. The summed E-state index contributed by atoms with van der Waals surface area (Å²) in [5, 5.41) is 14.4. The molecule has 3 aromatic rings. The Labute approximate surface area is 208 Å². The molecule has 1 unspecified atom stereocenters. The Morgan fingerprint density at radius 1 is 1.03 bits per heavy atom. The molecule has 188 valence electrons. The third-order valence-corrected chi connectivity index (χ3v) is 8.38. The highest BCUT2D eigenvalue weighted by Crippen LogP contribution is 2.37. The topological polar surface area (TPSA) is 79.7 Å². The molecule has 2 fully saturated rings. The molecule has 1 N–H and O–H groups in total. The molecule has 2 aliphatic rings. The van der Waals surface area contributed by atoms with E-state index in [2.05, 4.69) is 69.1 Å². The molecule has 0 amide bonds. The van der Waals surface area contributed by atoms with Crippen molar-refractivity contribution in [3.63, 3.8) is 0 Å². The zero-order valence-corrected chi connectivity index (χ0v) is 21.6. The van der Waals surface area contributed by atoms with Gasteiger partial charge in [-0.15, -0.1) is 5.10 Å². The minimum Gasteiger partial charge on any atom is -0.322 e. The first-order valence-corrected chi connectivity index (χ1v) is 13.7. The molecule has 1 atom stereocenters. The van der Waals surface area contributed by atoms with Gasteiger partial charge in [0.05, 0.1) is 12.1 Å². The molecule has 0 saturated heterocycles. The fourth-order valence-electron chi connectivity index (χ4n) is 6.29. The van der Waals surface area contributed by atoms with Crippen molar-refractivity contribution < 1.29 is 0 Å². The van der Waals surface area contributed by atoms with Crippen molar-refractivity contribution in [1.29, 1.82) is 0 Å². The molecule has 2 saturated carbocycles. The number of rotatable bonds is 8. The largest absolute Gasteiger partial charge is 0.322 e. The molecule has 0 aliphatic heterocycles. The van der Waals surface area contributed by atoms with Crippen LogP contribution >= 0.6 is 0 Å². The Morgan fingerprint density at radius 3 is 2.49 bits per heavy atom. The monoisotopic (exact) mass is 476 g/mol. The van der Waals surface area contributed by atoms with Gasteiger partial charge in [0.25, 0.3) is 5.56 Å². The Morgan fingerprint density at radius 2 is 1.74 bits per heavy atom. The predicted molar refractivity (Wildman–Crippen MR) is 139 cm³/mol. The number of pyridine rings is 1. The molecule has 5 rings (SSSR count). The lowest BCUT2D eigenvalue weighted by atomic mass is 9.95. The second-order valence-electron chi connectivity index (χ2n) is 10.8. The van der Waals surface area contributed by atoms with Crippen LogP contribution in [0.1, 0.15) is 112 Å². The van der Waals surface area contributed by atoms with E-state index in [1.54, 1.807) is 0 Å². The van der Waals surface area contributed by atoms with Gasteiger partial charge < -0.3 is 4.98 Å². The number of benzene rings is 1. The summed E-state index contributed by atoms with van der Waals surface area (Å²) in [6.07, 6.45) is 13.0. The Kier molecular flexibility index (Phi) is 7.32. The summed E-state index contributed by atoms with van der Waals surface area (Å²) in [6.45, 7) is 7.09. The van der Waals surface area contributed by atoms with Crippen LogP contribution in [0, 0.1) is 13.8 Å². The van der Waals surface area contributed by atoms with Gasteiger partial charge in [-0.2, -0.15) is 0 Å². The van der Waals surface area contributed by atoms with Crippen LogP contribution in [0.15, 0.2) is 23.0 Å². The van der Waals surface area contributed by atoms with E-state index in [4.69, 9.17) is 0 Å². The number of H-pyrrole nitrogens is 1. The van der Waals surface area contributed by atoms with E-state index in [0.29, 0.717) is 18.6 Å². The van der Waals surface area contributed by atoms with Crippen molar-refractivity contribution in [2.24, 2.45) is 0 Å². The number of nitrogens with one attached hydrogen (secondary N) is 1. The van der Waals surface area contributed by atoms with Gasteiger partial charge >= 0.3 is 0 Å². The number of aromatic amines is 1. The standard InChI is InChI=1S/C28H40N6O/c1-4-10-26(27-30-31-32-34(27)24-13-6-5-7-14-24)33(23-11-8-9-12-23)18-22-17-21-15-19(2)20(3)16-25(21)29-28(22)35/h15-17,23-24,26H,4-14,18H2,1-3H3,(H,29,35). The van der Waals surface area contributed by atoms with Crippen LogP contribution in [0.2, 0.25) is 0 Å². The maximum atomic E-state index is 13.2. The Bertz CT molecular complexity index is 1200. The first-order chi connectivity index (χ1) is 17.0. The van der Waals surface area contributed by atoms with Crippen LogP contribution in [0.3, 0.4) is 0 Å². The average Bonchev–Trinajstić information content (AvgIpc) is 3.56. The summed E-state index contributed by atoms with van der Waals surface area (Å²) in [5.74, 6) is 0.995. The lowest BCUT2D eigenvalue weighted by molar-refractivity contribution is 0.105. The van der Waals surface area contributed by atoms with Crippen molar-refractivity contribution in [1.82, 2.24) is 30.1 Å². The molecule has 2 aromatic heterocycles. The smallest absolute Gasteiger partial charge is 0.252 e. The van der Waals surface area contributed by atoms with Crippen LogP contribution in [-0.4, -0.2) is 36.1 Å². The highest BCUT2D eigenvalue weighted by atomic mass is 16.1. The van der Waals surface area contributed by atoms with Crippen LogP contribution in [-0.2, 0) is 6.54 Å². The summed E-state index contributed by atoms with van der Waals surface area (Å²) in [5.41, 5.74) is 4.22.